The summed E-state index contributed by atoms with van der Waals surface area (Å²) in [5.41, 5.74) is 11.6. The van der Waals surface area contributed by atoms with Crippen LogP contribution in [0.5, 0.6) is 5.75 Å². The van der Waals surface area contributed by atoms with Crippen LogP contribution in [-0.2, 0) is 20.0 Å². The maximum atomic E-state index is 15.1. The van der Waals surface area contributed by atoms with E-state index in [2.05, 4.69) is 53.6 Å². The third kappa shape index (κ3) is 7.27. The molecule has 0 N–H and O–H groups in total. The monoisotopic (exact) mass is 748 g/mol. The second kappa shape index (κ2) is 15.3. The molecule has 1 fully saturated rings. The Morgan fingerprint density at radius 2 is 1.58 bits per heavy atom. The molecule has 7 rings (SSSR count). The number of aryl methyl sites for hydroxylation is 6. The van der Waals surface area contributed by atoms with Gasteiger partial charge in [0, 0.05) is 72.3 Å². The molecule has 1 saturated heterocycles. The van der Waals surface area contributed by atoms with E-state index >= 15 is 4.79 Å². The Kier molecular flexibility index (Phi) is 10.5. The number of aromatic nitrogens is 4. The molecule has 0 unspecified atom stereocenters. The van der Waals surface area contributed by atoms with Gasteiger partial charge in [-0.2, -0.15) is 5.10 Å². The van der Waals surface area contributed by atoms with Crippen molar-refractivity contribution < 1.29 is 9.53 Å². The van der Waals surface area contributed by atoms with E-state index in [9.17, 15) is 0 Å². The summed E-state index contributed by atoms with van der Waals surface area (Å²) in [6.07, 6.45) is 3.14. The van der Waals surface area contributed by atoms with Crippen LogP contribution >= 0.6 is 23.2 Å². The molecular weight excluding hydrogens is 703 g/mol. The molecule has 3 aromatic carbocycles. The molecule has 0 aliphatic carbocycles. The van der Waals surface area contributed by atoms with Gasteiger partial charge in [0.25, 0.3) is 5.91 Å². The lowest BCUT2D eigenvalue weighted by Crippen LogP contribution is -2.49. The van der Waals surface area contributed by atoms with E-state index in [0.29, 0.717) is 49.8 Å². The Morgan fingerprint density at radius 1 is 0.868 bits per heavy atom. The van der Waals surface area contributed by atoms with Gasteiger partial charge in [-0.1, -0.05) is 53.0 Å². The normalized spacial score (nSPS) is 13.3. The number of benzene rings is 3. The first kappa shape index (κ1) is 36.6. The van der Waals surface area contributed by atoms with Gasteiger partial charge < -0.3 is 19.1 Å². The van der Waals surface area contributed by atoms with Crippen LogP contribution in [0.1, 0.15) is 56.2 Å². The highest BCUT2D eigenvalue weighted by Gasteiger charge is 2.32. The summed E-state index contributed by atoms with van der Waals surface area (Å²) in [5.74, 6) is 0.809. The molecule has 274 valence electrons. The van der Waals surface area contributed by atoms with Crippen LogP contribution in [-0.4, -0.2) is 62.9 Å². The number of halogens is 2. The number of fused-ring (bicyclic) bond motifs is 1. The molecule has 6 aromatic rings. The Bertz CT molecular complexity index is 2260. The van der Waals surface area contributed by atoms with Crippen LogP contribution in [0.15, 0.2) is 72.9 Å². The number of ether oxygens (including phenoxy) is 1. The Labute approximate surface area is 321 Å². The SMILES string of the molecule is Cc1ccc(N2CCN(C(=O)c3c(CCCOc4cc(C)c(Cl)c(C)c4)c4ccc(Cl)c(-c5c(C)nn(C)c5C)c4n3Cc3ccccn3)CC2)cc1. The van der Waals surface area contributed by atoms with Crippen LogP contribution in [0.2, 0.25) is 10.0 Å². The third-order valence-electron chi connectivity index (χ3n) is 10.5. The van der Waals surface area contributed by atoms with Gasteiger partial charge >= 0.3 is 0 Å². The highest BCUT2D eigenvalue weighted by molar-refractivity contribution is 6.35. The van der Waals surface area contributed by atoms with Gasteiger partial charge in [-0.25, -0.2) is 0 Å². The average molecular weight is 750 g/mol. The van der Waals surface area contributed by atoms with E-state index in [4.69, 9.17) is 38.0 Å². The minimum Gasteiger partial charge on any atom is -0.494 e. The zero-order valence-electron chi connectivity index (χ0n) is 31.3. The van der Waals surface area contributed by atoms with Crippen LogP contribution in [0.4, 0.5) is 5.69 Å². The van der Waals surface area contributed by atoms with E-state index in [1.807, 2.05) is 73.8 Å². The predicted molar refractivity (Wildman–Crippen MR) is 216 cm³/mol. The third-order valence-corrected chi connectivity index (χ3v) is 11.4. The van der Waals surface area contributed by atoms with Crippen molar-refractivity contribution in [3.05, 3.63) is 128 Å². The maximum Gasteiger partial charge on any atom is 0.270 e. The van der Waals surface area contributed by atoms with Crippen molar-refractivity contribution in [2.24, 2.45) is 7.05 Å². The molecule has 53 heavy (non-hydrogen) atoms. The fourth-order valence-corrected chi connectivity index (χ4v) is 8.03. The van der Waals surface area contributed by atoms with Crippen molar-refractivity contribution >= 4 is 45.7 Å². The van der Waals surface area contributed by atoms with Crippen molar-refractivity contribution in [1.29, 1.82) is 0 Å². The molecule has 8 nitrogen and oxygen atoms in total. The van der Waals surface area contributed by atoms with Gasteiger partial charge in [-0.15, -0.1) is 0 Å². The number of amides is 1. The van der Waals surface area contributed by atoms with Crippen LogP contribution in [0.3, 0.4) is 0 Å². The summed E-state index contributed by atoms with van der Waals surface area (Å²) in [5, 5.41) is 7.14. The summed E-state index contributed by atoms with van der Waals surface area (Å²) in [6, 6.07) is 22.5. The number of pyridine rings is 1. The van der Waals surface area contributed by atoms with Crippen molar-refractivity contribution in [3.63, 3.8) is 0 Å². The van der Waals surface area contributed by atoms with Crippen molar-refractivity contribution in [2.45, 2.75) is 54.0 Å². The number of carbonyl (C=O) groups is 1. The zero-order chi connectivity index (χ0) is 37.4. The second-order valence-corrected chi connectivity index (χ2v) is 14.9. The molecule has 0 spiro atoms. The van der Waals surface area contributed by atoms with Gasteiger partial charge in [0.1, 0.15) is 11.4 Å². The lowest BCUT2D eigenvalue weighted by Gasteiger charge is -2.36. The highest BCUT2D eigenvalue weighted by atomic mass is 35.5. The minimum atomic E-state index is 0.0160. The fourth-order valence-electron chi connectivity index (χ4n) is 7.68. The predicted octanol–water partition coefficient (Wildman–Crippen LogP) is 9.31. The first-order chi connectivity index (χ1) is 25.5. The van der Waals surface area contributed by atoms with E-state index in [1.54, 1.807) is 6.20 Å². The summed E-state index contributed by atoms with van der Waals surface area (Å²) in [6.45, 7) is 13.8. The largest absolute Gasteiger partial charge is 0.494 e. The van der Waals surface area contributed by atoms with E-state index in [1.165, 1.54) is 11.3 Å². The molecule has 0 bridgehead atoms. The van der Waals surface area contributed by atoms with Crippen LogP contribution in [0.25, 0.3) is 22.0 Å². The van der Waals surface area contributed by atoms with E-state index < -0.39 is 0 Å². The molecule has 3 aromatic heterocycles. The minimum absolute atomic E-state index is 0.0160. The van der Waals surface area contributed by atoms with Crippen molar-refractivity contribution in [1.82, 2.24) is 24.2 Å². The molecule has 0 radical (unpaired) electrons. The van der Waals surface area contributed by atoms with Gasteiger partial charge in [-0.3, -0.25) is 14.5 Å². The summed E-state index contributed by atoms with van der Waals surface area (Å²) < 4.78 is 10.3. The molecule has 1 amide bonds. The van der Waals surface area contributed by atoms with Crippen molar-refractivity contribution in [2.75, 3.05) is 37.7 Å². The van der Waals surface area contributed by atoms with E-state index in [-0.39, 0.29) is 5.91 Å². The maximum absolute atomic E-state index is 15.1. The summed E-state index contributed by atoms with van der Waals surface area (Å²) in [7, 11) is 1.95. The Morgan fingerprint density at radius 3 is 2.23 bits per heavy atom. The van der Waals surface area contributed by atoms with Gasteiger partial charge in [0.15, 0.2) is 0 Å². The molecular formula is C43H46Cl2N6O2. The molecule has 1 aliphatic heterocycles. The quantitative estimate of drug-likeness (QED) is 0.131. The molecule has 0 saturated carbocycles. The Hall–Kier alpha value is -4.79. The molecule has 4 heterocycles. The number of anilines is 1. The second-order valence-electron chi connectivity index (χ2n) is 14.2. The smallest absolute Gasteiger partial charge is 0.270 e. The Balaban J connectivity index is 1.33. The van der Waals surface area contributed by atoms with Crippen LogP contribution in [0, 0.1) is 34.6 Å². The standard InChI is InChI=1S/C43H46Cl2N6O2/c1-27-12-14-33(15-13-27)49-19-21-50(22-20-49)43(52)42-35(11-9-23-53-34-24-28(2)40(45)29(3)25-34)36-16-17-37(44)39(38-30(4)47-48(6)31(38)5)41(36)51(42)26-32-10-7-8-18-46-32/h7-8,10,12-18,24-25H,9,11,19-23,26H2,1-6H3. The first-order valence-corrected chi connectivity index (χ1v) is 19.0. The zero-order valence-corrected chi connectivity index (χ0v) is 32.9. The topological polar surface area (TPSA) is 68.4 Å². The van der Waals surface area contributed by atoms with Gasteiger partial charge in [-0.05, 0) is 107 Å². The average Bonchev–Trinajstić information content (AvgIpc) is 3.59. The number of hydrogen-bond acceptors (Lipinski definition) is 5. The fraction of sp³-hybridized carbons (Fsp3) is 0.326. The summed E-state index contributed by atoms with van der Waals surface area (Å²) in [4.78, 5) is 24.2. The van der Waals surface area contributed by atoms with Crippen LogP contribution < -0.4 is 9.64 Å². The molecule has 0 atom stereocenters. The molecule has 10 heteroatoms. The number of piperazine rings is 1. The lowest BCUT2D eigenvalue weighted by atomic mass is 9.98. The first-order valence-electron chi connectivity index (χ1n) is 18.3. The van der Waals surface area contributed by atoms with Gasteiger partial charge in [0.05, 0.1) is 35.1 Å². The molecule has 1 aliphatic rings. The van der Waals surface area contributed by atoms with Crippen molar-refractivity contribution in [3.8, 4) is 16.9 Å². The number of hydrogen-bond donors (Lipinski definition) is 0. The summed E-state index contributed by atoms with van der Waals surface area (Å²) >= 11 is 13.6. The number of rotatable bonds is 10. The lowest BCUT2D eigenvalue weighted by molar-refractivity contribution is 0.0735. The van der Waals surface area contributed by atoms with E-state index in [0.717, 1.165) is 79.7 Å². The highest BCUT2D eigenvalue weighted by Crippen LogP contribution is 2.42. The number of carbonyl (C=O) groups excluding carboxylic acids is 1. The van der Waals surface area contributed by atoms with Gasteiger partial charge in [0.2, 0.25) is 0 Å². The number of nitrogens with zero attached hydrogens (tertiary/aromatic N) is 6.